The van der Waals surface area contributed by atoms with Crippen molar-refractivity contribution >= 4 is 12.2 Å². The van der Waals surface area contributed by atoms with Crippen molar-refractivity contribution in [2.45, 2.75) is 12.8 Å². The fourth-order valence-corrected chi connectivity index (χ4v) is 2.02. The normalized spacial score (nSPS) is 20.1. The highest BCUT2D eigenvalue weighted by atomic mass is 16.2. The number of nitrogens with zero attached hydrogens (tertiary/aromatic N) is 1. The van der Waals surface area contributed by atoms with Crippen molar-refractivity contribution in [3.8, 4) is 0 Å². The van der Waals surface area contributed by atoms with Gasteiger partial charge in [-0.2, -0.15) is 0 Å². The summed E-state index contributed by atoms with van der Waals surface area (Å²) in [5, 5.41) is 0. The van der Waals surface area contributed by atoms with Gasteiger partial charge in [0.2, 0.25) is 5.91 Å². The molecule has 84 valence electrons. The first-order chi connectivity index (χ1) is 7.81. The Bertz CT molecular complexity index is 375. The Hall–Kier alpha value is -1.64. The summed E-state index contributed by atoms with van der Waals surface area (Å²) < 4.78 is 0. The van der Waals surface area contributed by atoms with E-state index in [0.717, 1.165) is 19.3 Å². The minimum atomic E-state index is -0.393. The van der Waals surface area contributed by atoms with E-state index >= 15 is 0 Å². The zero-order chi connectivity index (χ0) is 11.4. The second-order valence-electron chi connectivity index (χ2n) is 4.09. The van der Waals surface area contributed by atoms with Gasteiger partial charge in [-0.05, 0) is 18.4 Å². The third-order valence-corrected chi connectivity index (χ3v) is 3.02. The van der Waals surface area contributed by atoms with Gasteiger partial charge in [0.15, 0.2) is 0 Å². The highest BCUT2D eigenvalue weighted by Gasteiger charge is 2.30. The summed E-state index contributed by atoms with van der Waals surface area (Å²) in [5.41, 5.74) is 1.23. The van der Waals surface area contributed by atoms with Crippen LogP contribution in [0.5, 0.6) is 0 Å². The molecule has 1 fully saturated rings. The van der Waals surface area contributed by atoms with Gasteiger partial charge in [-0.3, -0.25) is 4.79 Å². The number of benzene rings is 1. The number of amides is 1. The van der Waals surface area contributed by atoms with Crippen LogP contribution in [0, 0.1) is 5.92 Å². The smallest absolute Gasteiger partial charge is 0.232 e. The lowest BCUT2D eigenvalue weighted by Gasteiger charge is -2.15. The molecular weight excluding hydrogens is 202 g/mol. The summed E-state index contributed by atoms with van der Waals surface area (Å²) in [6, 6.07) is 10.1. The molecule has 1 aliphatic rings. The average Bonchev–Trinajstić information content (AvgIpc) is 2.69. The first-order valence-electron chi connectivity index (χ1n) is 5.59. The van der Waals surface area contributed by atoms with Crippen LogP contribution in [0.25, 0.3) is 0 Å². The molecule has 1 aliphatic heterocycles. The molecule has 1 aromatic rings. The molecule has 0 saturated carbocycles. The molecular formula is C13H15NO2. The number of rotatable bonds is 4. The Labute approximate surface area is 95.1 Å². The van der Waals surface area contributed by atoms with Crippen molar-refractivity contribution in [3.05, 3.63) is 35.9 Å². The molecule has 1 saturated heterocycles. The van der Waals surface area contributed by atoms with E-state index in [0.29, 0.717) is 13.0 Å². The maximum Gasteiger partial charge on any atom is 0.232 e. The molecule has 0 N–H and O–H groups in total. The minimum absolute atomic E-state index is 0.00840. The lowest BCUT2D eigenvalue weighted by Crippen LogP contribution is -2.29. The zero-order valence-electron chi connectivity index (χ0n) is 9.13. The Morgan fingerprint density at radius 3 is 2.69 bits per heavy atom. The second-order valence-corrected chi connectivity index (χ2v) is 4.09. The van der Waals surface area contributed by atoms with E-state index in [1.54, 1.807) is 4.90 Å². The van der Waals surface area contributed by atoms with E-state index in [-0.39, 0.29) is 5.91 Å². The molecule has 0 aliphatic carbocycles. The first-order valence-corrected chi connectivity index (χ1v) is 5.59. The van der Waals surface area contributed by atoms with Gasteiger partial charge >= 0.3 is 0 Å². The van der Waals surface area contributed by atoms with Crippen LogP contribution in [0.15, 0.2) is 30.3 Å². The standard InChI is InChI=1S/C13H15NO2/c15-10-12-7-9-14(13(12)16)8-6-11-4-2-1-3-5-11/h1-5,10,12H,6-9H2. The van der Waals surface area contributed by atoms with Gasteiger partial charge in [0.05, 0.1) is 5.92 Å². The van der Waals surface area contributed by atoms with Gasteiger partial charge in [-0.25, -0.2) is 0 Å². The fourth-order valence-electron chi connectivity index (χ4n) is 2.02. The van der Waals surface area contributed by atoms with Gasteiger partial charge < -0.3 is 9.69 Å². The Morgan fingerprint density at radius 1 is 1.31 bits per heavy atom. The highest BCUT2D eigenvalue weighted by Crippen LogP contribution is 2.16. The largest absolute Gasteiger partial charge is 0.342 e. The van der Waals surface area contributed by atoms with Gasteiger partial charge in [-0.1, -0.05) is 30.3 Å². The average molecular weight is 217 g/mol. The predicted molar refractivity (Wildman–Crippen MR) is 60.9 cm³/mol. The topological polar surface area (TPSA) is 37.4 Å². The van der Waals surface area contributed by atoms with Crippen molar-refractivity contribution in [3.63, 3.8) is 0 Å². The van der Waals surface area contributed by atoms with Gasteiger partial charge in [-0.15, -0.1) is 0 Å². The van der Waals surface area contributed by atoms with E-state index in [4.69, 9.17) is 0 Å². The highest BCUT2D eigenvalue weighted by molar-refractivity contribution is 5.93. The molecule has 0 radical (unpaired) electrons. The molecule has 2 rings (SSSR count). The number of hydrogen-bond acceptors (Lipinski definition) is 2. The third-order valence-electron chi connectivity index (χ3n) is 3.02. The zero-order valence-corrected chi connectivity index (χ0v) is 9.13. The van der Waals surface area contributed by atoms with E-state index in [1.807, 2.05) is 18.2 Å². The van der Waals surface area contributed by atoms with Gasteiger partial charge in [0.25, 0.3) is 0 Å². The van der Waals surface area contributed by atoms with Crippen LogP contribution in [-0.4, -0.2) is 30.2 Å². The van der Waals surface area contributed by atoms with Gasteiger partial charge in [0, 0.05) is 13.1 Å². The van der Waals surface area contributed by atoms with Crippen LogP contribution in [0.4, 0.5) is 0 Å². The summed E-state index contributed by atoms with van der Waals surface area (Å²) in [6.07, 6.45) is 2.31. The number of hydrogen-bond donors (Lipinski definition) is 0. The second kappa shape index (κ2) is 4.92. The summed E-state index contributed by atoms with van der Waals surface area (Å²) in [5.74, 6) is -0.401. The molecule has 1 amide bonds. The van der Waals surface area contributed by atoms with Crippen molar-refractivity contribution in [1.82, 2.24) is 4.90 Å². The fraction of sp³-hybridized carbons (Fsp3) is 0.385. The lowest BCUT2D eigenvalue weighted by atomic mass is 10.1. The van der Waals surface area contributed by atoms with E-state index < -0.39 is 5.92 Å². The summed E-state index contributed by atoms with van der Waals surface area (Å²) in [7, 11) is 0. The van der Waals surface area contributed by atoms with Crippen LogP contribution in [0.1, 0.15) is 12.0 Å². The van der Waals surface area contributed by atoms with Crippen molar-refractivity contribution < 1.29 is 9.59 Å². The molecule has 1 unspecified atom stereocenters. The third kappa shape index (κ3) is 2.30. The molecule has 0 bridgehead atoms. The lowest BCUT2D eigenvalue weighted by molar-refractivity contribution is -0.133. The van der Waals surface area contributed by atoms with Crippen LogP contribution < -0.4 is 0 Å². The van der Waals surface area contributed by atoms with E-state index in [2.05, 4.69) is 12.1 Å². The first kappa shape index (κ1) is 10.9. The van der Waals surface area contributed by atoms with E-state index in [9.17, 15) is 9.59 Å². The SMILES string of the molecule is O=CC1CCN(CCc2ccccc2)C1=O. The van der Waals surface area contributed by atoms with Crippen LogP contribution >= 0.6 is 0 Å². The molecule has 0 spiro atoms. The predicted octanol–water partition coefficient (Wildman–Crippen LogP) is 1.28. The number of aldehydes is 1. The number of carbonyl (C=O) groups excluding carboxylic acids is 2. The van der Waals surface area contributed by atoms with Crippen LogP contribution in [0.2, 0.25) is 0 Å². The minimum Gasteiger partial charge on any atom is -0.342 e. The maximum atomic E-state index is 11.7. The summed E-state index contributed by atoms with van der Waals surface area (Å²) >= 11 is 0. The molecule has 1 heterocycles. The molecule has 1 aromatic carbocycles. The number of carbonyl (C=O) groups is 2. The number of likely N-dealkylation sites (tertiary alicyclic amines) is 1. The van der Waals surface area contributed by atoms with Gasteiger partial charge in [0.1, 0.15) is 6.29 Å². The van der Waals surface area contributed by atoms with Crippen molar-refractivity contribution in [2.24, 2.45) is 5.92 Å². The Kier molecular flexibility index (Phi) is 3.34. The molecule has 3 heteroatoms. The molecule has 16 heavy (non-hydrogen) atoms. The molecule has 1 atom stereocenters. The quantitative estimate of drug-likeness (QED) is 0.562. The summed E-state index contributed by atoms with van der Waals surface area (Å²) in [4.78, 5) is 24.0. The van der Waals surface area contributed by atoms with Crippen LogP contribution in [0.3, 0.4) is 0 Å². The maximum absolute atomic E-state index is 11.7. The van der Waals surface area contributed by atoms with E-state index in [1.165, 1.54) is 5.56 Å². The monoisotopic (exact) mass is 217 g/mol. The van der Waals surface area contributed by atoms with Crippen molar-refractivity contribution in [1.29, 1.82) is 0 Å². The molecule has 0 aromatic heterocycles. The summed E-state index contributed by atoms with van der Waals surface area (Å²) in [6.45, 7) is 1.43. The van der Waals surface area contributed by atoms with Crippen molar-refractivity contribution in [2.75, 3.05) is 13.1 Å². The Balaban J connectivity index is 1.88. The Morgan fingerprint density at radius 2 is 2.06 bits per heavy atom. The molecule has 3 nitrogen and oxygen atoms in total. The van der Waals surface area contributed by atoms with Crippen LogP contribution in [-0.2, 0) is 16.0 Å².